The van der Waals surface area contributed by atoms with Gasteiger partial charge < -0.3 is 15.8 Å². The average Bonchev–Trinajstić information content (AvgIpc) is 2.81. The van der Waals surface area contributed by atoms with Gasteiger partial charge in [0.25, 0.3) is 0 Å². The summed E-state index contributed by atoms with van der Waals surface area (Å²) in [6.07, 6.45) is 2.29. The normalized spacial score (nSPS) is 21.5. The van der Waals surface area contributed by atoms with E-state index < -0.39 is 0 Å². The number of methoxy groups -OCH3 is 1. The zero-order valence-electron chi connectivity index (χ0n) is 10.1. The number of nitrogens with one attached hydrogen (secondary N) is 1. The third kappa shape index (κ3) is 3.21. The Bertz CT molecular complexity index is 378. The lowest BCUT2D eigenvalue weighted by molar-refractivity contribution is 0.411. The Labute approximate surface area is 111 Å². The molecule has 2 atom stereocenters. The lowest BCUT2D eigenvalue weighted by Gasteiger charge is -2.17. The largest absolute Gasteiger partial charge is 0.496 e. The predicted molar refractivity (Wildman–Crippen MR) is 73.2 cm³/mol. The predicted octanol–water partition coefficient (Wildman–Crippen LogP) is 2.46. The molecule has 1 heterocycles. The summed E-state index contributed by atoms with van der Waals surface area (Å²) in [5, 5.41) is 3.37. The third-order valence-electron chi connectivity index (χ3n) is 3.35. The molecular formula is C13H19BrN2O. The van der Waals surface area contributed by atoms with Crippen LogP contribution < -0.4 is 15.8 Å². The van der Waals surface area contributed by atoms with Gasteiger partial charge in [-0.15, -0.1) is 0 Å². The molecule has 17 heavy (non-hydrogen) atoms. The number of ether oxygens (including phenoxy) is 1. The summed E-state index contributed by atoms with van der Waals surface area (Å²) < 4.78 is 6.19. The topological polar surface area (TPSA) is 47.3 Å². The lowest BCUT2D eigenvalue weighted by Crippen LogP contribution is -2.17. The minimum absolute atomic E-state index is 0.113. The van der Waals surface area contributed by atoms with E-state index in [-0.39, 0.29) is 6.04 Å². The highest BCUT2D eigenvalue weighted by Crippen LogP contribution is 2.30. The minimum atomic E-state index is 0.113. The highest BCUT2D eigenvalue weighted by molar-refractivity contribution is 9.10. The molecule has 4 heteroatoms. The average molecular weight is 299 g/mol. The molecular weight excluding hydrogens is 280 g/mol. The highest BCUT2D eigenvalue weighted by Gasteiger charge is 2.19. The molecule has 3 nitrogen and oxygen atoms in total. The fourth-order valence-corrected chi connectivity index (χ4v) is 2.88. The van der Waals surface area contributed by atoms with E-state index in [4.69, 9.17) is 10.5 Å². The summed E-state index contributed by atoms with van der Waals surface area (Å²) in [5.41, 5.74) is 7.42. The molecule has 1 aliphatic heterocycles. The molecule has 1 saturated heterocycles. The summed E-state index contributed by atoms with van der Waals surface area (Å²) in [6, 6.07) is 6.19. The molecule has 2 unspecified atom stereocenters. The Morgan fingerprint density at radius 3 is 3.00 bits per heavy atom. The van der Waals surface area contributed by atoms with Gasteiger partial charge in [-0.05, 0) is 65.5 Å². The van der Waals surface area contributed by atoms with Gasteiger partial charge in [0.05, 0.1) is 11.6 Å². The van der Waals surface area contributed by atoms with E-state index in [1.807, 2.05) is 6.07 Å². The van der Waals surface area contributed by atoms with Gasteiger partial charge in [-0.1, -0.05) is 6.07 Å². The summed E-state index contributed by atoms with van der Waals surface area (Å²) in [6.45, 7) is 2.23. The third-order valence-corrected chi connectivity index (χ3v) is 3.97. The first-order valence-corrected chi connectivity index (χ1v) is 6.79. The van der Waals surface area contributed by atoms with Crippen LogP contribution in [0.4, 0.5) is 0 Å². The lowest BCUT2D eigenvalue weighted by atomic mass is 9.95. The molecule has 3 N–H and O–H groups in total. The van der Waals surface area contributed by atoms with Crippen LogP contribution in [0, 0.1) is 5.92 Å². The Kier molecular flexibility index (Phi) is 4.42. The van der Waals surface area contributed by atoms with Crippen LogP contribution in [0.15, 0.2) is 22.7 Å². The van der Waals surface area contributed by atoms with Crippen molar-refractivity contribution in [3.63, 3.8) is 0 Å². The van der Waals surface area contributed by atoms with Gasteiger partial charge in [-0.3, -0.25) is 0 Å². The Hall–Kier alpha value is -0.580. The van der Waals surface area contributed by atoms with Gasteiger partial charge in [0.1, 0.15) is 5.75 Å². The van der Waals surface area contributed by atoms with E-state index in [9.17, 15) is 0 Å². The van der Waals surface area contributed by atoms with Crippen molar-refractivity contribution in [2.24, 2.45) is 11.7 Å². The van der Waals surface area contributed by atoms with Crippen molar-refractivity contribution in [2.45, 2.75) is 18.9 Å². The fraction of sp³-hybridized carbons (Fsp3) is 0.538. The number of hydrogen-bond donors (Lipinski definition) is 2. The molecule has 94 valence electrons. The number of hydrogen-bond acceptors (Lipinski definition) is 3. The highest BCUT2D eigenvalue weighted by atomic mass is 79.9. The summed E-state index contributed by atoms with van der Waals surface area (Å²) >= 11 is 3.50. The van der Waals surface area contributed by atoms with Crippen molar-refractivity contribution in [2.75, 3.05) is 20.2 Å². The summed E-state index contributed by atoms with van der Waals surface area (Å²) in [5.74, 6) is 1.56. The number of halogens is 1. The van der Waals surface area contributed by atoms with Crippen LogP contribution in [0.2, 0.25) is 0 Å². The van der Waals surface area contributed by atoms with E-state index >= 15 is 0 Å². The van der Waals surface area contributed by atoms with Crippen LogP contribution in [0.3, 0.4) is 0 Å². The molecule has 0 aromatic heterocycles. The zero-order chi connectivity index (χ0) is 12.3. The van der Waals surface area contributed by atoms with Gasteiger partial charge >= 0.3 is 0 Å². The molecule has 1 aliphatic rings. The number of rotatable bonds is 4. The minimum Gasteiger partial charge on any atom is -0.496 e. The maximum Gasteiger partial charge on any atom is 0.133 e. The van der Waals surface area contributed by atoms with Crippen molar-refractivity contribution in [1.82, 2.24) is 5.32 Å². The molecule has 1 aromatic rings. The Morgan fingerprint density at radius 1 is 1.59 bits per heavy atom. The second-order valence-corrected chi connectivity index (χ2v) is 5.45. The number of benzene rings is 1. The van der Waals surface area contributed by atoms with Gasteiger partial charge in [0.15, 0.2) is 0 Å². The van der Waals surface area contributed by atoms with Crippen molar-refractivity contribution in [3.05, 3.63) is 28.2 Å². The van der Waals surface area contributed by atoms with Crippen molar-refractivity contribution < 1.29 is 4.74 Å². The first-order chi connectivity index (χ1) is 8.20. The van der Waals surface area contributed by atoms with Crippen molar-refractivity contribution in [1.29, 1.82) is 0 Å². The van der Waals surface area contributed by atoms with Crippen LogP contribution in [0.25, 0.3) is 0 Å². The van der Waals surface area contributed by atoms with Crippen LogP contribution in [-0.2, 0) is 0 Å². The SMILES string of the molecule is COc1ccc(C(N)CC2CCNC2)cc1Br. The van der Waals surface area contributed by atoms with Gasteiger partial charge in [0, 0.05) is 6.04 Å². The summed E-state index contributed by atoms with van der Waals surface area (Å²) in [4.78, 5) is 0. The molecule has 0 saturated carbocycles. The van der Waals surface area contributed by atoms with Crippen molar-refractivity contribution in [3.8, 4) is 5.75 Å². The molecule has 0 bridgehead atoms. The second-order valence-electron chi connectivity index (χ2n) is 4.60. The second kappa shape index (κ2) is 5.85. The number of nitrogens with two attached hydrogens (primary N) is 1. The quantitative estimate of drug-likeness (QED) is 0.898. The maximum atomic E-state index is 6.25. The molecule has 0 aliphatic carbocycles. The van der Waals surface area contributed by atoms with Gasteiger partial charge in [-0.25, -0.2) is 0 Å². The summed E-state index contributed by atoms with van der Waals surface area (Å²) in [7, 11) is 1.67. The van der Waals surface area contributed by atoms with E-state index in [1.165, 1.54) is 12.0 Å². The fourth-order valence-electron chi connectivity index (χ4n) is 2.32. The van der Waals surface area contributed by atoms with Gasteiger partial charge in [-0.2, -0.15) is 0 Å². The molecule has 1 aromatic carbocycles. The van der Waals surface area contributed by atoms with E-state index in [0.717, 1.165) is 29.7 Å². The monoisotopic (exact) mass is 298 g/mol. The molecule has 0 spiro atoms. The van der Waals surface area contributed by atoms with E-state index in [0.29, 0.717) is 5.92 Å². The van der Waals surface area contributed by atoms with E-state index in [2.05, 4.69) is 33.4 Å². The maximum absolute atomic E-state index is 6.25. The molecule has 0 radical (unpaired) electrons. The molecule has 0 amide bonds. The zero-order valence-corrected chi connectivity index (χ0v) is 11.7. The first-order valence-electron chi connectivity index (χ1n) is 6.00. The standard InChI is InChI=1S/C13H19BrN2O/c1-17-13-3-2-10(7-11(13)14)12(15)6-9-4-5-16-8-9/h2-3,7,9,12,16H,4-6,8,15H2,1H3. The van der Waals surface area contributed by atoms with Crippen LogP contribution in [0.1, 0.15) is 24.4 Å². The molecule has 1 fully saturated rings. The van der Waals surface area contributed by atoms with Crippen LogP contribution in [0.5, 0.6) is 5.75 Å². The Balaban J connectivity index is 2.02. The first kappa shape index (κ1) is 12.9. The molecule has 2 rings (SSSR count). The smallest absolute Gasteiger partial charge is 0.133 e. The van der Waals surface area contributed by atoms with E-state index in [1.54, 1.807) is 7.11 Å². The van der Waals surface area contributed by atoms with Crippen LogP contribution >= 0.6 is 15.9 Å². The van der Waals surface area contributed by atoms with Crippen molar-refractivity contribution >= 4 is 15.9 Å². The van der Waals surface area contributed by atoms with Gasteiger partial charge in [0.2, 0.25) is 0 Å². The Morgan fingerprint density at radius 2 is 2.41 bits per heavy atom. The van der Waals surface area contributed by atoms with Crippen LogP contribution in [-0.4, -0.2) is 20.2 Å².